The minimum Gasteiger partial charge on any atom is -0.507 e. The number of carbonyl (C=O) groups is 6. The molecule has 4 bridgehead atoms. The van der Waals surface area contributed by atoms with Crippen LogP contribution >= 0.6 is 11.6 Å². The molecule has 0 aliphatic carbocycles. The monoisotopic (exact) mass is 879 g/mol. The van der Waals surface area contributed by atoms with Gasteiger partial charge in [-0.3, -0.25) is 28.8 Å². The molecule has 5 rings (SSSR count). The molecule has 3 amide bonds. The summed E-state index contributed by atoms with van der Waals surface area (Å²) in [5.41, 5.74) is 15.5. The molecule has 13 nitrogen and oxygen atoms in total. The summed E-state index contributed by atoms with van der Waals surface area (Å²) in [7, 11) is 1.50. The molecule has 1 aliphatic rings. The fraction of sp³-hybridized carbons (Fsp3) is 0.388. The summed E-state index contributed by atoms with van der Waals surface area (Å²) < 4.78 is 6.00. The molecule has 334 valence electrons. The number of phenols is 1. The summed E-state index contributed by atoms with van der Waals surface area (Å²) in [5.74, 6) is -4.09. The van der Waals surface area contributed by atoms with E-state index in [1.807, 2.05) is 24.3 Å². The molecule has 0 spiro atoms. The molecule has 0 radical (unpaired) electrons. The van der Waals surface area contributed by atoms with Crippen molar-refractivity contribution in [2.45, 2.75) is 83.8 Å². The van der Waals surface area contributed by atoms with Crippen LogP contribution in [0.5, 0.6) is 11.5 Å². The van der Waals surface area contributed by atoms with E-state index in [1.165, 1.54) is 18.0 Å². The number of phenolic OH excluding ortho intramolecular Hbond substituents is 1. The molecular formula is C49H58ClN5O8. The van der Waals surface area contributed by atoms with Crippen molar-refractivity contribution in [2.75, 3.05) is 26.7 Å². The fourth-order valence-electron chi connectivity index (χ4n) is 7.84. The van der Waals surface area contributed by atoms with Crippen LogP contribution in [-0.4, -0.2) is 83.9 Å². The van der Waals surface area contributed by atoms with Crippen LogP contribution in [0.3, 0.4) is 0 Å². The topological polar surface area (TPSA) is 211 Å². The first-order valence-corrected chi connectivity index (χ1v) is 21.8. The normalized spacial score (nSPS) is 17.4. The number of nitrogens with one attached hydrogen (secondary N) is 2. The van der Waals surface area contributed by atoms with E-state index in [4.69, 9.17) is 27.8 Å². The van der Waals surface area contributed by atoms with Gasteiger partial charge in [0.25, 0.3) is 0 Å². The number of fused-ring (bicyclic) bond motifs is 5. The van der Waals surface area contributed by atoms with Gasteiger partial charge >= 0.3 is 0 Å². The van der Waals surface area contributed by atoms with E-state index in [9.17, 15) is 33.9 Å². The number of nitrogens with zero attached hydrogens (tertiary/aromatic N) is 1. The molecule has 1 aliphatic heterocycles. The number of amides is 3. The minimum absolute atomic E-state index is 0.00647. The van der Waals surface area contributed by atoms with Gasteiger partial charge in [-0.2, -0.15) is 0 Å². The number of unbranched alkanes of at least 4 members (excludes halogenated alkanes) is 1. The zero-order valence-corrected chi connectivity index (χ0v) is 37.1. The van der Waals surface area contributed by atoms with Gasteiger partial charge in [0, 0.05) is 72.8 Å². The van der Waals surface area contributed by atoms with Gasteiger partial charge < -0.3 is 36.8 Å². The summed E-state index contributed by atoms with van der Waals surface area (Å²) in [4.78, 5) is 84.6. The highest BCUT2D eigenvalue weighted by Gasteiger charge is 2.36. The number of hydrogen-bond acceptors (Lipinski definition) is 10. The third-order valence-corrected chi connectivity index (χ3v) is 11.7. The Morgan fingerprint density at radius 2 is 1.59 bits per heavy atom. The Kier molecular flexibility index (Phi) is 17.2. The third-order valence-electron chi connectivity index (χ3n) is 11.5. The maximum atomic E-state index is 14.7. The van der Waals surface area contributed by atoms with Crippen LogP contribution in [-0.2, 0) is 30.4 Å². The molecule has 63 heavy (non-hydrogen) atoms. The van der Waals surface area contributed by atoms with E-state index in [0.717, 1.165) is 11.1 Å². The second kappa shape index (κ2) is 22.5. The Morgan fingerprint density at radius 1 is 0.905 bits per heavy atom. The van der Waals surface area contributed by atoms with E-state index >= 15 is 0 Å². The lowest BCUT2D eigenvalue weighted by molar-refractivity contribution is -0.142. The maximum absolute atomic E-state index is 14.7. The number of halogens is 1. The van der Waals surface area contributed by atoms with E-state index in [-0.39, 0.29) is 61.7 Å². The van der Waals surface area contributed by atoms with Crippen molar-refractivity contribution in [1.29, 1.82) is 0 Å². The second-order valence-electron chi connectivity index (χ2n) is 16.2. The number of nitrogens with two attached hydrogens (primary N) is 2. The molecule has 7 N–H and O–H groups in total. The van der Waals surface area contributed by atoms with Crippen LogP contribution in [0.4, 0.5) is 0 Å². The molecule has 1 heterocycles. The van der Waals surface area contributed by atoms with E-state index < -0.39 is 53.5 Å². The van der Waals surface area contributed by atoms with Gasteiger partial charge in [0.2, 0.25) is 17.7 Å². The highest BCUT2D eigenvalue weighted by atomic mass is 35.5. The van der Waals surface area contributed by atoms with Crippen LogP contribution < -0.4 is 26.8 Å². The van der Waals surface area contributed by atoms with Gasteiger partial charge in [0.1, 0.15) is 30.2 Å². The summed E-state index contributed by atoms with van der Waals surface area (Å²) in [5, 5.41) is 17.5. The molecule has 0 unspecified atom stereocenters. The fourth-order valence-corrected chi connectivity index (χ4v) is 7.96. The smallest absolute Gasteiger partial charge is 0.243 e. The molecular weight excluding hydrogens is 822 g/mol. The van der Waals surface area contributed by atoms with Crippen molar-refractivity contribution in [3.8, 4) is 33.8 Å². The predicted octanol–water partition coefficient (Wildman–Crippen LogP) is 6.35. The molecule has 4 aromatic carbocycles. The first kappa shape index (κ1) is 48.1. The average molecular weight is 880 g/mol. The number of likely N-dealkylation sites (N-methyl/N-ethyl adjacent to an activating group) is 1. The van der Waals surface area contributed by atoms with Crippen molar-refractivity contribution < 1.29 is 38.6 Å². The first-order valence-electron chi connectivity index (χ1n) is 21.5. The van der Waals surface area contributed by atoms with Crippen LogP contribution in [0.15, 0.2) is 84.9 Å². The molecule has 0 saturated heterocycles. The Hall–Kier alpha value is -5.89. The number of rotatable bonds is 17. The Balaban J connectivity index is 1.53. The molecule has 0 saturated carbocycles. The number of ether oxygens (including phenoxy) is 1. The Bertz CT molecular complexity index is 2280. The van der Waals surface area contributed by atoms with Crippen LogP contribution in [0, 0.1) is 11.8 Å². The summed E-state index contributed by atoms with van der Waals surface area (Å²) in [6.07, 6.45) is 1.27. The maximum Gasteiger partial charge on any atom is 0.243 e. The van der Waals surface area contributed by atoms with Crippen LogP contribution in [0.1, 0.15) is 86.8 Å². The largest absolute Gasteiger partial charge is 0.507 e. The molecule has 4 aromatic rings. The lowest BCUT2D eigenvalue weighted by atomic mass is 9.88. The van der Waals surface area contributed by atoms with Crippen molar-refractivity contribution in [3.63, 3.8) is 0 Å². The van der Waals surface area contributed by atoms with Gasteiger partial charge in [-0.1, -0.05) is 80.4 Å². The number of hydrogen-bond donors (Lipinski definition) is 5. The van der Waals surface area contributed by atoms with E-state index in [1.54, 1.807) is 75.4 Å². The van der Waals surface area contributed by atoms with Crippen LogP contribution in [0.2, 0.25) is 5.02 Å². The summed E-state index contributed by atoms with van der Waals surface area (Å²) in [6.45, 7) is 5.56. The number of ketones is 3. The number of Topliss-reactive ketones (excluding diaryl/α,β-unsaturated/α-hetero) is 3. The second-order valence-corrected chi connectivity index (χ2v) is 16.6. The van der Waals surface area contributed by atoms with Gasteiger partial charge in [-0.15, -0.1) is 0 Å². The van der Waals surface area contributed by atoms with Gasteiger partial charge in [0.15, 0.2) is 17.3 Å². The van der Waals surface area contributed by atoms with Crippen LogP contribution in [0.25, 0.3) is 22.3 Å². The highest BCUT2D eigenvalue weighted by molar-refractivity contribution is 6.30. The Morgan fingerprint density at radius 3 is 2.24 bits per heavy atom. The number of benzene rings is 4. The Labute approximate surface area is 373 Å². The summed E-state index contributed by atoms with van der Waals surface area (Å²) in [6, 6.07) is 21.0. The molecule has 14 heteroatoms. The predicted molar refractivity (Wildman–Crippen MR) is 243 cm³/mol. The van der Waals surface area contributed by atoms with Gasteiger partial charge in [-0.25, -0.2) is 0 Å². The average Bonchev–Trinajstić information content (AvgIpc) is 3.27. The lowest BCUT2D eigenvalue weighted by Gasteiger charge is -2.32. The van der Waals surface area contributed by atoms with Crippen molar-refractivity contribution in [3.05, 3.63) is 107 Å². The van der Waals surface area contributed by atoms with E-state index in [2.05, 4.69) is 10.6 Å². The van der Waals surface area contributed by atoms with Crippen molar-refractivity contribution in [2.24, 2.45) is 23.3 Å². The minimum atomic E-state index is -1.25. The van der Waals surface area contributed by atoms with Crippen molar-refractivity contribution >= 4 is 46.7 Å². The highest BCUT2D eigenvalue weighted by Crippen LogP contribution is 2.40. The standard InChI is InChI=1S/C49H58ClN5O8/c1-5-41(56)30(3)53-48(61)40-26-31-9-20-45(63-23-22-52)39(25-31)38-27-35(16-19-42(38)57)46(44(59)24-29(2)47(60)54-40)55(4)49(62)36(8-6-7-21-51)28-43(58)34-12-10-32(11-13-34)33-14-17-37(50)18-15-33/h9-20,25,27,29-30,36,40,46,57H,5-8,21-24,26,28,51-52H2,1-4H3,(H,53,61)(H,54,60)/t29-,30+,36-,40+,46+/m1/s1. The SMILES string of the molecule is CCC(=O)[C@H](C)NC(=O)[C@@H]1Cc2ccc(OCCN)c(c2)-c2cc(ccc2O)[C@H](N(C)C(=O)[C@H](CCCCN)CC(=O)c2ccc(-c3ccc(Cl)cc3)cc2)C(=O)C[C@@H](C)C(=O)N1. The molecule has 0 aromatic heterocycles. The first-order chi connectivity index (χ1) is 30.1. The zero-order chi connectivity index (χ0) is 45.8. The molecule has 0 fully saturated rings. The lowest BCUT2D eigenvalue weighted by Crippen LogP contribution is -2.52. The molecule has 5 atom stereocenters. The van der Waals surface area contributed by atoms with Gasteiger partial charge in [0.05, 0.1) is 6.04 Å². The van der Waals surface area contributed by atoms with E-state index in [0.29, 0.717) is 58.8 Å². The third kappa shape index (κ3) is 12.4. The zero-order valence-electron chi connectivity index (χ0n) is 36.3. The van der Waals surface area contributed by atoms with Gasteiger partial charge in [-0.05, 0) is 85.0 Å². The number of aromatic hydroxyl groups is 1. The summed E-state index contributed by atoms with van der Waals surface area (Å²) >= 11 is 6.07. The quantitative estimate of drug-likeness (QED) is 0.0586. The number of carbonyl (C=O) groups excluding carboxylic acids is 6. The van der Waals surface area contributed by atoms with Crippen molar-refractivity contribution in [1.82, 2.24) is 15.5 Å².